The van der Waals surface area contributed by atoms with Gasteiger partial charge in [0, 0.05) is 29.9 Å². The molecule has 2 aromatic rings. The van der Waals surface area contributed by atoms with Crippen molar-refractivity contribution in [1.82, 2.24) is 9.55 Å². The monoisotopic (exact) mass is 280 g/mol. The highest BCUT2D eigenvalue weighted by Gasteiger charge is 2.15. The molecule has 0 radical (unpaired) electrons. The average Bonchev–Trinajstić information content (AvgIpc) is 2.77. The highest BCUT2D eigenvalue weighted by Crippen LogP contribution is 2.23. The van der Waals surface area contributed by atoms with Gasteiger partial charge in [0.05, 0.1) is 17.0 Å². The Kier molecular flexibility index (Phi) is 4.13. The van der Waals surface area contributed by atoms with E-state index in [9.17, 15) is 10.1 Å². The smallest absolute Gasteiger partial charge is 0.274 e. The van der Waals surface area contributed by atoms with Crippen molar-refractivity contribution in [1.29, 1.82) is 0 Å². The predicted molar refractivity (Wildman–Crippen MR) is 72.2 cm³/mol. The summed E-state index contributed by atoms with van der Waals surface area (Å²) in [5.41, 5.74) is 6.10. The minimum Gasteiger partial charge on any atom is -0.330 e. The molecule has 0 aliphatic rings. The van der Waals surface area contributed by atoms with Crippen LogP contribution in [0.15, 0.2) is 30.6 Å². The van der Waals surface area contributed by atoms with E-state index in [0.717, 1.165) is 5.82 Å². The molecule has 1 aromatic heterocycles. The number of nitro groups is 1. The molecule has 0 fully saturated rings. The zero-order valence-corrected chi connectivity index (χ0v) is 10.9. The number of halogens is 1. The van der Waals surface area contributed by atoms with Gasteiger partial charge in [-0.15, -0.1) is 0 Å². The van der Waals surface area contributed by atoms with E-state index in [1.807, 2.05) is 4.57 Å². The van der Waals surface area contributed by atoms with E-state index in [-0.39, 0.29) is 5.69 Å². The van der Waals surface area contributed by atoms with E-state index in [1.165, 1.54) is 12.1 Å². The third kappa shape index (κ3) is 3.10. The molecule has 0 unspecified atom stereocenters. The highest BCUT2D eigenvalue weighted by molar-refractivity contribution is 6.30. The van der Waals surface area contributed by atoms with Crippen LogP contribution >= 0.6 is 11.6 Å². The standard InChI is InChI=1S/C12H13ClN4O2/c13-10-1-2-11(17(18)19)9(7-10)8-16-6-5-15-12(16)3-4-14/h1-2,5-7H,3-4,8,14H2. The molecular formula is C12H13ClN4O2. The molecule has 0 aliphatic carbocycles. The molecule has 100 valence electrons. The van der Waals surface area contributed by atoms with Crippen molar-refractivity contribution in [3.8, 4) is 0 Å². The maximum atomic E-state index is 11.0. The highest BCUT2D eigenvalue weighted by atomic mass is 35.5. The van der Waals surface area contributed by atoms with Gasteiger partial charge in [0.15, 0.2) is 0 Å². The van der Waals surface area contributed by atoms with Gasteiger partial charge in [-0.1, -0.05) is 11.6 Å². The van der Waals surface area contributed by atoms with Crippen LogP contribution in [0.25, 0.3) is 0 Å². The SMILES string of the molecule is NCCc1nccn1Cc1cc(Cl)ccc1[N+](=O)[O-]. The van der Waals surface area contributed by atoms with E-state index in [2.05, 4.69) is 4.98 Å². The molecule has 1 heterocycles. The van der Waals surface area contributed by atoms with E-state index < -0.39 is 4.92 Å². The summed E-state index contributed by atoms with van der Waals surface area (Å²) in [6.45, 7) is 0.834. The number of benzene rings is 1. The second-order valence-corrected chi connectivity index (χ2v) is 4.48. The Hall–Kier alpha value is -1.92. The Labute approximate surface area is 115 Å². The van der Waals surface area contributed by atoms with Crippen LogP contribution in [-0.2, 0) is 13.0 Å². The zero-order valence-electron chi connectivity index (χ0n) is 10.1. The second kappa shape index (κ2) is 5.81. The number of rotatable bonds is 5. The van der Waals surface area contributed by atoms with E-state index in [4.69, 9.17) is 17.3 Å². The molecule has 2 N–H and O–H groups in total. The van der Waals surface area contributed by atoms with Crippen molar-refractivity contribution < 1.29 is 4.92 Å². The summed E-state index contributed by atoms with van der Waals surface area (Å²) < 4.78 is 1.84. The first-order chi connectivity index (χ1) is 9.11. The number of nitrogens with two attached hydrogens (primary N) is 1. The number of imidazole rings is 1. The fourth-order valence-corrected chi connectivity index (χ4v) is 2.08. The van der Waals surface area contributed by atoms with Crippen LogP contribution in [-0.4, -0.2) is 21.0 Å². The van der Waals surface area contributed by atoms with Crippen molar-refractivity contribution in [2.24, 2.45) is 5.73 Å². The van der Waals surface area contributed by atoms with Crippen LogP contribution in [0.4, 0.5) is 5.69 Å². The first-order valence-corrected chi connectivity index (χ1v) is 6.12. The molecule has 7 heteroatoms. The average molecular weight is 281 g/mol. The van der Waals surface area contributed by atoms with Crippen molar-refractivity contribution in [2.45, 2.75) is 13.0 Å². The van der Waals surface area contributed by atoms with Crippen molar-refractivity contribution in [3.63, 3.8) is 0 Å². The molecule has 0 amide bonds. The molecule has 0 saturated heterocycles. The lowest BCUT2D eigenvalue weighted by atomic mass is 10.2. The normalized spacial score (nSPS) is 10.6. The van der Waals surface area contributed by atoms with Gasteiger partial charge in [-0.3, -0.25) is 10.1 Å². The van der Waals surface area contributed by atoms with Gasteiger partial charge in [-0.25, -0.2) is 4.98 Å². The van der Waals surface area contributed by atoms with Crippen molar-refractivity contribution >= 4 is 17.3 Å². The molecule has 6 nitrogen and oxygen atoms in total. The summed E-state index contributed by atoms with van der Waals surface area (Å²) in [4.78, 5) is 14.8. The van der Waals surface area contributed by atoms with Gasteiger partial charge in [0.25, 0.3) is 5.69 Å². The summed E-state index contributed by atoms with van der Waals surface area (Å²) in [5, 5.41) is 11.5. The van der Waals surface area contributed by atoms with Crippen LogP contribution < -0.4 is 5.73 Å². The Morgan fingerprint density at radius 2 is 2.26 bits per heavy atom. The van der Waals surface area contributed by atoms with Gasteiger partial charge in [-0.2, -0.15) is 0 Å². The van der Waals surface area contributed by atoms with E-state index in [1.54, 1.807) is 18.5 Å². The third-order valence-corrected chi connectivity index (χ3v) is 2.98. The fourth-order valence-electron chi connectivity index (χ4n) is 1.88. The Morgan fingerprint density at radius 1 is 1.47 bits per heavy atom. The number of hydrogen-bond acceptors (Lipinski definition) is 4. The van der Waals surface area contributed by atoms with Crippen LogP contribution in [0.5, 0.6) is 0 Å². The lowest BCUT2D eigenvalue weighted by Crippen LogP contribution is -2.11. The number of nitrogens with zero attached hydrogens (tertiary/aromatic N) is 3. The predicted octanol–water partition coefficient (Wildman–Crippen LogP) is 1.99. The molecule has 0 spiro atoms. The summed E-state index contributed by atoms with van der Waals surface area (Å²) in [6.07, 6.45) is 4.05. The summed E-state index contributed by atoms with van der Waals surface area (Å²) >= 11 is 5.90. The van der Waals surface area contributed by atoms with Crippen molar-refractivity contribution in [2.75, 3.05) is 6.54 Å². The lowest BCUT2D eigenvalue weighted by molar-refractivity contribution is -0.385. The summed E-state index contributed by atoms with van der Waals surface area (Å²) in [7, 11) is 0. The fraction of sp³-hybridized carbons (Fsp3) is 0.250. The Balaban J connectivity index is 2.34. The van der Waals surface area contributed by atoms with Crippen LogP contribution in [0.1, 0.15) is 11.4 Å². The van der Waals surface area contributed by atoms with Gasteiger partial charge in [0.1, 0.15) is 5.82 Å². The van der Waals surface area contributed by atoms with Crippen molar-refractivity contribution in [3.05, 3.63) is 57.1 Å². The van der Waals surface area contributed by atoms with Crippen LogP contribution in [0.3, 0.4) is 0 Å². The largest absolute Gasteiger partial charge is 0.330 e. The summed E-state index contributed by atoms with van der Waals surface area (Å²) in [6, 6.07) is 4.53. The molecular weight excluding hydrogens is 268 g/mol. The number of aromatic nitrogens is 2. The quantitative estimate of drug-likeness (QED) is 0.670. The maximum Gasteiger partial charge on any atom is 0.274 e. The first kappa shape index (κ1) is 13.5. The van der Waals surface area contributed by atoms with Gasteiger partial charge in [0.2, 0.25) is 0 Å². The minimum absolute atomic E-state index is 0.0526. The maximum absolute atomic E-state index is 11.0. The van der Waals surface area contributed by atoms with E-state index in [0.29, 0.717) is 30.1 Å². The Bertz CT molecular complexity index is 597. The lowest BCUT2D eigenvalue weighted by Gasteiger charge is -2.08. The Morgan fingerprint density at radius 3 is 2.95 bits per heavy atom. The molecule has 0 atom stereocenters. The van der Waals surface area contributed by atoms with Crippen LogP contribution in [0.2, 0.25) is 5.02 Å². The molecule has 19 heavy (non-hydrogen) atoms. The zero-order chi connectivity index (χ0) is 13.8. The minimum atomic E-state index is -0.412. The summed E-state index contributed by atoms with van der Waals surface area (Å²) in [5.74, 6) is 0.803. The molecule has 0 bridgehead atoms. The molecule has 2 rings (SSSR count). The second-order valence-electron chi connectivity index (χ2n) is 4.04. The first-order valence-electron chi connectivity index (χ1n) is 5.74. The van der Waals surface area contributed by atoms with Crippen LogP contribution in [0, 0.1) is 10.1 Å². The molecule has 0 aliphatic heterocycles. The van der Waals surface area contributed by atoms with Gasteiger partial charge in [-0.05, 0) is 18.7 Å². The van der Waals surface area contributed by atoms with Gasteiger partial charge >= 0.3 is 0 Å². The van der Waals surface area contributed by atoms with E-state index >= 15 is 0 Å². The number of nitro benzene ring substituents is 1. The number of hydrogen-bond donors (Lipinski definition) is 1. The third-order valence-electron chi connectivity index (χ3n) is 2.75. The molecule has 0 saturated carbocycles. The molecule has 1 aromatic carbocycles. The van der Waals surface area contributed by atoms with Gasteiger partial charge < -0.3 is 10.3 Å². The topological polar surface area (TPSA) is 87.0 Å².